The van der Waals surface area contributed by atoms with Crippen LogP contribution >= 0.6 is 0 Å². The SMILES string of the molecule is CC(C)(C)c1ccc(OCCO)c(Cc2cc(C(C)(C)C)cc(Cc3cc(C(C)(C)c4ccc(OCCO)cc4)cc(Cc4cc(C(C)(C)C)ccc4OCCO)c3OCCO)c2OCCO)c1. The Balaban J connectivity index is 1.82. The molecule has 0 atom stereocenters. The maximum Gasteiger partial charge on any atom is 0.126 e. The maximum atomic E-state index is 10.3. The fraction of sp³-hybridized carbons (Fsp3) is 0.483. The second-order valence-electron chi connectivity index (χ2n) is 21.2. The van der Waals surface area contributed by atoms with E-state index in [1.54, 1.807) is 0 Å². The molecule has 0 amide bonds. The molecular weight excluding hydrogens is 857 g/mol. The molecule has 5 aromatic rings. The number of aliphatic hydroxyl groups is 5. The lowest BCUT2D eigenvalue weighted by atomic mass is 9.76. The molecule has 0 spiro atoms. The van der Waals surface area contributed by atoms with E-state index < -0.39 is 5.41 Å². The molecule has 10 nitrogen and oxygen atoms in total. The fourth-order valence-corrected chi connectivity index (χ4v) is 8.37. The van der Waals surface area contributed by atoms with Gasteiger partial charge in [-0.25, -0.2) is 0 Å². The summed E-state index contributed by atoms with van der Waals surface area (Å²) in [5.41, 5.74) is 9.93. The van der Waals surface area contributed by atoms with Crippen LogP contribution in [-0.2, 0) is 40.9 Å². The van der Waals surface area contributed by atoms with Crippen LogP contribution in [0, 0.1) is 0 Å². The molecule has 0 fully saturated rings. The first-order chi connectivity index (χ1) is 32.1. The molecule has 0 saturated heterocycles. The van der Waals surface area contributed by atoms with E-state index >= 15 is 0 Å². The van der Waals surface area contributed by atoms with E-state index in [0.717, 1.165) is 61.2 Å². The molecule has 5 N–H and O–H groups in total. The standard InChI is InChI=1S/C58H78O10/c1-55(2,3)46-14-18-51(65-26-21-60)39(33-46)30-41-35-48(57(7,8)9)36-43(53(41)67-28-23-62)32-44-38-49(58(10,11)45-12-16-50(17-13-45)64-25-20-59)37-42(54(44)68-29-24-63)31-40-34-47(56(4,5)6)15-19-52(40)66-27-22-61/h12-19,33-38,59-63H,20-32H2,1-11H3. The van der Waals surface area contributed by atoms with Crippen molar-refractivity contribution in [3.8, 4) is 28.7 Å². The van der Waals surface area contributed by atoms with Gasteiger partial charge in [0.05, 0.1) is 33.0 Å². The minimum absolute atomic E-state index is 0.0653. The van der Waals surface area contributed by atoms with Gasteiger partial charge in [-0.15, -0.1) is 0 Å². The van der Waals surface area contributed by atoms with Gasteiger partial charge in [0, 0.05) is 24.7 Å². The lowest BCUT2D eigenvalue weighted by Crippen LogP contribution is -2.21. The molecule has 0 aromatic heterocycles. The summed E-state index contributed by atoms with van der Waals surface area (Å²) in [6, 6.07) is 29.3. The molecule has 0 aliphatic heterocycles. The van der Waals surface area contributed by atoms with Crippen molar-refractivity contribution >= 4 is 0 Å². The van der Waals surface area contributed by atoms with Crippen LogP contribution < -0.4 is 23.7 Å². The van der Waals surface area contributed by atoms with E-state index in [1.165, 1.54) is 0 Å². The Morgan fingerprint density at radius 3 is 1.00 bits per heavy atom. The molecule has 0 heterocycles. The third-order valence-corrected chi connectivity index (χ3v) is 12.4. The monoisotopic (exact) mass is 935 g/mol. The van der Waals surface area contributed by atoms with Crippen LogP contribution in [0.15, 0.2) is 84.9 Å². The summed E-state index contributed by atoms with van der Waals surface area (Å²) in [6.07, 6.45) is 1.28. The van der Waals surface area contributed by atoms with Crippen LogP contribution in [0.2, 0.25) is 0 Å². The highest BCUT2D eigenvalue weighted by molar-refractivity contribution is 5.58. The Bertz CT molecular complexity index is 2400. The quantitative estimate of drug-likeness (QED) is 0.0429. The molecule has 68 heavy (non-hydrogen) atoms. The summed E-state index contributed by atoms with van der Waals surface area (Å²) < 4.78 is 31.3. The molecule has 5 rings (SSSR count). The topological polar surface area (TPSA) is 147 Å². The molecule has 0 aliphatic rings. The van der Waals surface area contributed by atoms with Crippen LogP contribution in [0.4, 0.5) is 0 Å². The van der Waals surface area contributed by atoms with E-state index in [0.29, 0.717) is 48.0 Å². The van der Waals surface area contributed by atoms with Crippen LogP contribution in [0.3, 0.4) is 0 Å². The van der Waals surface area contributed by atoms with Gasteiger partial charge in [0.2, 0.25) is 0 Å². The molecule has 0 bridgehead atoms. The fourth-order valence-electron chi connectivity index (χ4n) is 8.37. The van der Waals surface area contributed by atoms with Crippen molar-refractivity contribution in [2.75, 3.05) is 66.1 Å². The lowest BCUT2D eigenvalue weighted by Gasteiger charge is -2.30. The van der Waals surface area contributed by atoms with Crippen LogP contribution in [0.5, 0.6) is 28.7 Å². The second-order valence-corrected chi connectivity index (χ2v) is 21.2. The van der Waals surface area contributed by atoms with Crippen molar-refractivity contribution in [3.05, 3.63) is 146 Å². The van der Waals surface area contributed by atoms with Crippen molar-refractivity contribution in [1.82, 2.24) is 0 Å². The smallest absolute Gasteiger partial charge is 0.126 e. The zero-order valence-corrected chi connectivity index (χ0v) is 42.6. The largest absolute Gasteiger partial charge is 0.491 e. The Hall–Kier alpha value is -5.10. The minimum atomic E-state index is -0.532. The highest BCUT2D eigenvalue weighted by Crippen LogP contribution is 2.43. The lowest BCUT2D eigenvalue weighted by molar-refractivity contribution is 0.197. The number of rotatable bonds is 23. The van der Waals surface area contributed by atoms with Gasteiger partial charge in [-0.1, -0.05) is 137 Å². The van der Waals surface area contributed by atoms with Gasteiger partial charge in [-0.05, 0) is 102 Å². The van der Waals surface area contributed by atoms with Crippen molar-refractivity contribution in [2.45, 2.75) is 117 Å². The number of benzene rings is 5. The Kier molecular flexibility index (Phi) is 18.6. The van der Waals surface area contributed by atoms with E-state index in [2.05, 4.69) is 137 Å². The van der Waals surface area contributed by atoms with Crippen LogP contribution in [0.1, 0.15) is 137 Å². The van der Waals surface area contributed by atoms with Gasteiger partial charge in [-0.2, -0.15) is 0 Å². The molecule has 5 aromatic carbocycles. The van der Waals surface area contributed by atoms with Gasteiger partial charge in [0.15, 0.2) is 0 Å². The molecule has 0 unspecified atom stereocenters. The predicted octanol–water partition coefficient (Wildman–Crippen LogP) is 9.53. The number of aliphatic hydroxyl groups excluding tert-OH is 5. The molecule has 370 valence electrons. The number of hydrogen-bond donors (Lipinski definition) is 5. The maximum absolute atomic E-state index is 10.3. The zero-order valence-electron chi connectivity index (χ0n) is 42.6. The van der Waals surface area contributed by atoms with E-state index in [4.69, 9.17) is 23.7 Å². The van der Waals surface area contributed by atoms with Crippen molar-refractivity contribution in [1.29, 1.82) is 0 Å². The Labute approximate surface area is 405 Å². The highest BCUT2D eigenvalue weighted by atomic mass is 16.5. The van der Waals surface area contributed by atoms with Crippen molar-refractivity contribution < 1.29 is 49.2 Å². The van der Waals surface area contributed by atoms with Gasteiger partial charge < -0.3 is 49.2 Å². The summed E-state index contributed by atoms with van der Waals surface area (Å²) in [4.78, 5) is 0. The average Bonchev–Trinajstić information content (AvgIpc) is 3.28. The Morgan fingerprint density at radius 2 is 0.632 bits per heavy atom. The highest BCUT2D eigenvalue weighted by Gasteiger charge is 2.29. The van der Waals surface area contributed by atoms with Crippen LogP contribution in [0.25, 0.3) is 0 Å². The predicted molar refractivity (Wildman–Crippen MR) is 272 cm³/mol. The van der Waals surface area contributed by atoms with Gasteiger partial charge in [-0.3, -0.25) is 0 Å². The summed E-state index contributed by atoms with van der Waals surface area (Å²) in [7, 11) is 0. The summed E-state index contributed by atoms with van der Waals surface area (Å²) in [5.74, 6) is 3.34. The third kappa shape index (κ3) is 14.0. The number of ether oxygens (including phenoxy) is 5. The Morgan fingerprint density at radius 1 is 0.324 bits per heavy atom. The van der Waals surface area contributed by atoms with E-state index in [9.17, 15) is 25.5 Å². The minimum Gasteiger partial charge on any atom is -0.491 e. The molecule has 0 radical (unpaired) electrons. The van der Waals surface area contributed by atoms with Crippen molar-refractivity contribution in [2.24, 2.45) is 0 Å². The van der Waals surface area contributed by atoms with Gasteiger partial charge >= 0.3 is 0 Å². The first-order valence-corrected chi connectivity index (χ1v) is 24.0. The molecule has 10 heteroatoms. The molecule has 0 saturated carbocycles. The van der Waals surface area contributed by atoms with E-state index in [-0.39, 0.29) is 82.3 Å². The summed E-state index contributed by atoms with van der Waals surface area (Å²) in [5, 5.41) is 49.5. The van der Waals surface area contributed by atoms with Crippen molar-refractivity contribution in [3.63, 3.8) is 0 Å². The molecule has 0 aliphatic carbocycles. The first-order valence-electron chi connectivity index (χ1n) is 24.0. The van der Waals surface area contributed by atoms with Gasteiger partial charge in [0.25, 0.3) is 0 Å². The summed E-state index contributed by atoms with van der Waals surface area (Å²) in [6.45, 7) is 24.0. The van der Waals surface area contributed by atoms with Crippen LogP contribution in [-0.4, -0.2) is 91.6 Å². The van der Waals surface area contributed by atoms with E-state index in [1.807, 2.05) is 24.3 Å². The number of hydrogen-bond acceptors (Lipinski definition) is 10. The normalized spacial score (nSPS) is 12.3. The second kappa shape index (κ2) is 23.5. The summed E-state index contributed by atoms with van der Waals surface area (Å²) >= 11 is 0. The zero-order chi connectivity index (χ0) is 49.9. The first kappa shape index (κ1) is 53.8. The van der Waals surface area contributed by atoms with Gasteiger partial charge in [0.1, 0.15) is 61.8 Å². The average molecular weight is 935 g/mol. The molecular formula is C58H78O10. The third-order valence-electron chi connectivity index (χ3n) is 12.4.